The summed E-state index contributed by atoms with van der Waals surface area (Å²) in [5.41, 5.74) is 6.00. The number of carboxylic acids is 1. The average Bonchev–Trinajstić information content (AvgIpc) is 2.79. The van der Waals surface area contributed by atoms with Crippen molar-refractivity contribution >= 4 is 40.2 Å². The highest BCUT2D eigenvalue weighted by molar-refractivity contribution is 6.35. The number of nitrogen functional groups attached to an aromatic ring is 1. The van der Waals surface area contributed by atoms with E-state index in [4.69, 9.17) is 17.3 Å². The van der Waals surface area contributed by atoms with Crippen molar-refractivity contribution in [1.82, 2.24) is 19.5 Å². The summed E-state index contributed by atoms with van der Waals surface area (Å²) >= 11 is 6.29. The zero-order valence-corrected chi connectivity index (χ0v) is 17.9. The van der Waals surface area contributed by atoms with Crippen molar-refractivity contribution in [3.63, 3.8) is 0 Å². The number of nitrogens with two attached hydrogens (primary N) is 1. The second kappa shape index (κ2) is 8.57. The Kier molecular flexibility index (Phi) is 5.64. The molecule has 1 unspecified atom stereocenters. The average molecular weight is 462 g/mol. The molecule has 0 aliphatic heterocycles. The SMILES string of the molecule is CC(Nc1nc(N)ncc1C#N)c1nc2cccc(Cl)c2c(=O)n1-c1cccc(C(=O)O)c1. The summed E-state index contributed by atoms with van der Waals surface area (Å²) in [6.07, 6.45) is 1.29. The number of aromatic nitrogens is 4. The van der Waals surface area contributed by atoms with E-state index < -0.39 is 17.6 Å². The van der Waals surface area contributed by atoms with E-state index in [0.29, 0.717) is 11.2 Å². The smallest absolute Gasteiger partial charge is 0.335 e. The summed E-state index contributed by atoms with van der Waals surface area (Å²) < 4.78 is 1.29. The Bertz CT molecular complexity index is 1510. The van der Waals surface area contributed by atoms with Crippen molar-refractivity contribution in [2.24, 2.45) is 0 Å². The minimum absolute atomic E-state index is 0.000517. The number of halogens is 1. The van der Waals surface area contributed by atoms with E-state index in [2.05, 4.69) is 20.3 Å². The van der Waals surface area contributed by atoms with Gasteiger partial charge in [0.2, 0.25) is 5.95 Å². The first-order chi connectivity index (χ1) is 15.8. The van der Waals surface area contributed by atoms with Gasteiger partial charge in [-0.15, -0.1) is 0 Å². The third kappa shape index (κ3) is 4.05. The van der Waals surface area contributed by atoms with Crippen LogP contribution in [-0.2, 0) is 0 Å². The number of nitrogens with zero attached hydrogens (tertiary/aromatic N) is 5. The first-order valence-corrected chi connectivity index (χ1v) is 10.0. The van der Waals surface area contributed by atoms with Crippen molar-refractivity contribution in [2.75, 3.05) is 11.1 Å². The predicted octanol–water partition coefficient (Wildman–Crippen LogP) is 3.15. The molecule has 4 aromatic rings. The molecule has 0 amide bonds. The normalized spacial score (nSPS) is 11.7. The Morgan fingerprint density at radius 2 is 2.03 bits per heavy atom. The molecule has 0 aliphatic rings. The van der Waals surface area contributed by atoms with Crippen molar-refractivity contribution < 1.29 is 9.90 Å². The Labute approximate surface area is 191 Å². The third-order valence-electron chi connectivity index (χ3n) is 4.89. The molecular weight excluding hydrogens is 446 g/mol. The molecule has 0 aliphatic carbocycles. The van der Waals surface area contributed by atoms with Gasteiger partial charge in [-0.2, -0.15) is 10.2 Å². The predicted molar refractivity (Wildman–Crippen MR) is 123 cm³/mol. The number of aromatic carboxylic acids is 1. The van der Waals surface area contributed by atoms with Crippen LogP contribution in [0.3, 0.4) is 0 Å². The number of nitrogens with one attached hydrogen (secondary N) is 1. The molecule has 0 saturated heterocycles. The molecule has 11 heteroatoms. The highest BCUT2D eigenvalue weighted by atomic mass is 35.5. The van der Waals surface area contributed by atoms with Crippen molar-refractivity contribution in [2.45, 2.75) is 13.0 Å². The number of nitriles is 1. The van der Waals surface area contributed by atoms with Crippen LogP contribution >= 0.6 is 11.6 Å². The molecule has 0 radical (unpaired) electrons. The van der Waals surface area contributed by atoms with Gasteiger partial charge in [0.1, 0.15) is 23.3 Å². The Morgan fingerprint density at radius 3 is 2.76 bits per heavy atom. The van der Waals surface area contributed by atoms with E-state index >= 15 is 0 Å². The summed E-state index contributed by atoms with van der Waals surface area (Å²) in [5.74, 6) is -0.754. The molecule has 33 heavy (non-hydrogen) atoms. The fourth-order valence-electron chi connectivity index (χ4n) is 3.38. The van der Waals surface area contributed by atoms with Crippen molar-refractivity contribution in [3.05, 3.63) is 81.0 Å². The summed E-state index contributed by atoms with van der Waals surface area (Å²) in [6.45, 7) is 1.72. The Hall–Kier alpha value is -4.49. The zero-order valence-electron chi connectivity index (χ0n) is 17.2. The number of hydrogen-bond acceptors (Lipinski definition) is 8. The van der Waals surface area contributed by atoms with Gasteiger partial charge in [-0.05, 0) is 37.3 Å². The van der Waals surface area contributed by atoms with Gasteiger partial charge in [-0.1, -0.05) is 23.7 Å². The maximum atomic E-state index is 13.6. The monoisotopic (exact) mass is 461 g/mol. The summed E-state index contributed by atoms with van der Waals surface area (Å²) in [6, 6.07) is 12.1. The molecule has 0 spiro atoms. The van der Waals surface area contributed by atoms with Crippen LogP contribution in [0.4, 0.5) is 11.8 Å². The summed E-state index contributed by atoms with van der Waals surface area (Å²) in [7, 11) is 0. The minimum atomic E-state index is -1.14. The number of rotatable bonds is 5. The largest absolute Gasteiger partial charge is 0.478 e. The van der Waals surface area contributed by atoms with Gasteiger partial charge in [-0.3, -0.25) is 9.36 Å². The zero-order chi connectivity index (χ0) is 23.7. The Morgan fingerprint density at radius 1 is 1.27 bits per heavy atom. The van der Waals surface area contributed by atoms with E-state index in [9.17, 15) is 20.0 Å². The van der Waals surface area contributed by atoms with Gasteiger partial charge >= 0.3 is 5.97 Å². The molecular formula is C22H16ClN7O3. The van der Waals surface area contributed by atoms with Crippen LogP contribution in [0.25, 0.3) is 16.6 Å². The van der Waals surface area contributed by atoms with E-state index in [1.54, 1.807) is 31.2 Å². The fourth-order valence-corrected chi connectivity index (χ4v) is 3.63. The van der Waals surface area contributed by atoms with Crippen molar-refractivity contribution in [1.29, 1.82) is 5.26 Å². The molecule has 4 rings (SSSR count). The molecule has 0 fully saturated rings. The van der Waals surface area contributed by atoms with Crippen molar-refractivity contribution in [3.8, 4) is 11.8 Å². The van der Waals surface area contributed by atoms with Crippen LogP contribution in [0, 0.1) is 11.3 Å². The van der Waals surface area contributed by atoms with Crippen LogP contribution in [0.5, 0.6) is 0 Å². The molecule has 0 bridgehead atoms. The molecule has 164 valence electrons. The fraction of sp³-hybridized carbons (Fsp3) is 0.0909. The number of carbonyl (C=O) groups is 1. The number of benzene rings is 2. The first-order valence-electron chi connectivity index (χ1n) is 9.64. The first kappa shape index (κ1) is 21.7. The second-order valence-electron chi connectivity index (χ2n) is 7.07. The summed E-state index contributed by atoms with van der Waals surface area (Å²) in [4.78, 5) is 37.6. The van der Waals surface area contributed by atoms with E-state index in [-0.39, 0.29) is 39.1 Å². The number of anilines is 2. The highest BCUT2D eigenvalue weighted by Gasteiger charge is 2.21. The lowest BCUT2D eigenvalue weighted by molar-refractivity contribution is 0.0697. The van der Waals surface area contributed by atoms with E-state index in [0.717, 1.165) is 0 Å². The molecule has 2 aromatic heterocycles. The highest BCUT2D eigenvalue weighted by Crippen LogP contribution is 2.25. The van der Waals surface area contributed by atoms with Crippen LogP contribution in [0.1, 0.15) is 34.7 Å². The Balaban J connectivity index is 1.96. The van der Waals surface area contributed by atoms with E-state index in [1.165, 1.54) is 29.0 Å². The van der Waals surface area contributed by atoms with Crippen LogP contribution in [-0.4, -0.2) is 30.6 Å². The van der Waals surface area contributed by atoms with Gasteiger partial charge in [0.25, 0.3) is 5.56 Å². The van der Waals surface area contributed by atoms with Crippen LogP contribution < -0.4 is 16.6 Å². The molecule has 2 aromatic carbocycles. The summed E-state index contributed by atoms with van der Waals surface area (Å²) in [5, 5.41) is 22.2. The quantitative estimate of drug-likeness (QED) is 0.405. The molecule has 1 atom stereocenters. The van der Waals surface area contributed by atoms with Gasteiger partial charge in [0, 0.05) is 0 Å². The van der Waals surface area contributed by atoms with Gasteiger partial charge < -0.3 is 16.2 Å². The molecule has 2 heterocycles. The molecule has 4 N–H and O–H groups in total. The maximum absolute atomic E-state index is 13.6. The number of hydrogen-bond donors (Lipinski definition) is 3. The van der Waals surface area contributed by atoms with Gasteiger partial charge in [0.05, 0.1) is 39.4 Å². The van der Waals surface area contributed by atoms with Crippen LogP contribution in [0.2, 0.25) is 5.02 Å². The molecule has 0 saturated carbocycles. The second-order valence-corrected chi connectivity index (χ2v) is 7.48. The van der Waals surface area contributed by atoms with Crippen LogP contribution in [0.15, 0.2) is 53.5 Å². The topological polar surface area (TPSA) is 160 Å². The lowest BCUT2D eigenvalue weighted by Crippen LogP contribution is -2.28. The van der Waals surface area contributed by atoms with Gasteiger partial charge in [-0.25, -0.2) is 14.8 Å². The maximum Gasteiger partial charge on any atom is 0.335 e. The lowest BCUT2D eigenvalue weighted by atomic mass is 10.1. The van der Waals surface area contributed by atoms with E-state index in [1.807, 2.05) is 6.07 Å². The molecule has 10 nitrogen and oxygen atoms in total. The number of fused-ring (bicyclic) bond motifs is 1. The van der Waals surface area contributed by atoms with Gasteiger partial charge in [0.15, 0.2) is 0 Å². The lowest BCUT2D eigenvalue weighted by Gasteiger charge is -2.21. The minimum Gasteiger partial charge on any atom is -0.478 e. The third-order valence-corrected chi connectivity index (χ3v) is 5.21. The standard InChI is InChI=1S/C22H16ClN7O3/c1-11(27-18-13(9-24)10-26-22(25)29-18)19-28-16-7-3-6-15(23)17(16)20(31)30(19)14-5-2-4-12(8-14)21(32)33/h2-8,10-11H,1H3,(H,32,33)(H3,25,26,27,29). The number of carboxylic acid groups (broad SMARTS) is 1.